The van der Waals surface area contributed by atoms with Crippen molar-refractivity contribution in [2.75, 3.05) is 58.9 Å². The molecule has 2 saturated heterocycles. The number of likely N-dealkylation sites (N-methyl/N-ethyl adjacent to an activating group) is 1. The van der Waals surface area contributed by atoms with Gasteiger partial charge in [0.15, 0.2) is 0 Å². The number of fused-ring (bicyclic) bond motifs is 1. The van der Waals surface area contributed by atoms with E-state index < -0.39 is 0 Å². The molecule has 6 nitrogen and oxygen atoms in total. The van der Waals surface area contributed by atoms with E-state index in [1.165, 1.54) is 10.4 Å². The fraction of sp³-hybridized carbons (Fsp3) is 0.750. The number of likely N-dealkylation sites (tertiary alicyclic amines) is 1. The SMILES string of the molecule is CCN1CCN(CCNC(=O)[C@H]2CCc3sc(C(=O)N4CCC(C)CC4)cc3C2)CC1. The molecular formula is C24H38N4O2S. The molecule has 0 aromatic carbocycles. The lowest BCUT2D eigenvalue weighted by Gasteiger charge is -2.34. The van der Waals surface area contributed by atoms with Gasteiger partial charge in [0.1, 0.15) is 0 Å². The maximum absolute atomic E-state index is 12.9. The summed E-state index contributed by atoms with van der Waals surface area (Å²) in [6.45, 7) is 13.5. The molecule has 2 amide bonds. The number of piperazine rings is 1. The van der Waals surface area contributed by atoms with E-state index in [0.717, 1.165) is 102 Å². The molecule has 2 aliphatic heterocycles. The summed E-state index contributed by atoms with van der Waals surface area (Å²) in [5.74, 6) is 1.14. The number of carbonyl (C=O) groups excluding carboxylic acids is 2. The van der Waals surface area contributed by atoms with E-state index in [1.54, 1.807) is 11.3 Å². The highest BCUT2D eigenvalue weighted by molar-refractivity contribution is 7.14. The van der Waals surface area contributed by atoms with Crippen LogP contribution in [0.4, 0.5) is 0 Å². The Bertz CT molecular complexity index is 764. The Morgan fingerprint density at radius 1 is 1.06 bits per heavy atom. The highest BCUT2D eigenvalue weighted by Crippen LogP contribution is 2.33. The smallest absolute Gasteiger partial charge is 0.263 e. The van der Waals surface area contributed by atoms with Crippen LogP contribution in [-0.4, -0.2) is 85.4 Å². The minimum absolute atomic E-state index is 0.0397. The van der Waals surface area contributed by atoms with Crippen LogP contribution in [0.2, 0.25) is 0 Å². The van der Waals surface area contributed by atoms with Crippen molar-refractivity contribution in [2.24, 2.45) is 11.8 Å². The van der Waals surface area contributed by atoms with E-state index in [1.807, 2.05) is 4.90 Å². The summed E-state index contributed by atoms with van der Waals surface area (Å²) in [6.07, 6.45) is 4.79. The summed E-state index contributed by atoms with van der Waals surface area (Å²) in [5, 5.41) is 3.18. The Hall–Kier alpha value is -1.44. The fourth-order valence-electron chi connectivity index (χ4n) is 5.03. The molecule has 3 heterocycles. The first-order valence-electron chi connectivity index (χ1n) is 12.2. The molecule has 0 unspecified atom stereocenters. The molecule has 1 aromatic rings. The number of rotatable bonds is 6. The summed E-state index contributed by atoms with van der Waals surface area (Å²) in [7, 11) is 0. The van der Waals surface area contributed by atoms with Gasteiger partial charge in [0.2, 0.25) is 5.91 Å². The second-order valence-electron chi connectivity index (χ2n) is 9.54. The van der Waals surface area contributed by atoms with E-state index in [9.17, 15) is 9.59 Å². The van der Waals surface area contributed by atoms with E-state index in [4.69, 9.17) is 0 Å². The van der Waals surface area contributed by atoms with Gasteiger partial charge >= 0.3 is 0 Å². The fourth-order valence-corrected chi connectivity index (χ4v) is 6.21. The molecule has 3 aliphatic rings. The number of nitrogens with one attached hydrogen (secondary N) is 1. The molecule has 0 bridgehead atoms. The summed E-state index contributed by atoms with van der Waals surface area (Å²) >= 11 is 1.66. The van der Waals surface area contributed by atoms with Crippen molar-refractivity contribution < 1.29 is 9.59 Å². The third kappa shape index (κ3) is 5.68. The number of carbonyl (C=O) groups is 2. The van der Waals surface area contributed by atoms with Crippen LogP contribution in [0, 0.1) is 11.8 Å². The van der Waals surface area contributed by atoms with Crippen molar-refractivity contribution in [3.05, 3.63) is 21.4 Å². The molecule has 1 N–H and O–H groups in total. The van der Waals surface area contributed by atoms with Gasteiger partial charge in [0, 0.05) is 63.2 Å². The Labute approximate surface area is 191 Å². The quantitative estimate of drug-likeness (QED) is 0.729. The number of hydrogen-bond acceptors (Lipinski definition) is 5. The topological polar surface area (TPSA) is 55.9 Å². The lowest BCUT2D eigenvalue weighted by Crippen LogP contribution is -2.48. The van der Waals surface area contributed by atoms with Gasteiger partial charge in [0.25, 0.3) is 5.91 Å². The molecule has 0 spiro atoms. The maximum atomic E-state index is 12.9. The largest absolute Gasteiger partial charge is 0.355 e. The van der Waals surface area contributed by atoms with Crippen LogP contribution in [0.25, 0.3) is 0 Å². The lowest BCUT2D eigenvalue weighted by molar-refractivity contribution is -0.125. The number of nitrogens with zero attached hydrogens (tertiary/aromatic N) is 3. The van der Waals surface area contributed by atoms with Crippen molar-refractivity contribution in [3.8, 4) is 0 Å². The van der Waals surface area contributed by atoms with Crippen molar-refractivity contribution >= 4 is 23.2 Å². The van der Waals surface area contributed by atoms with Crippen molar-refractivity contribution in [1.82, 2.24) is 20.0 Å². The van der Waals surface area contributed by atoms with Gasteiger partial charge in [-0.3, -0.25) is 14.5 Å². The highest BCUT2D eigenvalue weighted by Gasteiger charge is 2.29. The zero-order valence-corrected chi connectivity index (χ0v) is 20.0. The Morgan fingerprint density at radius 3 is 2.48 bits per heavy atom. The first kappa shape index (κ1) is 22.7. The van der Waals surface area contributed by atoms with Crippen LogP contribution in [-0.2, 0) is 17.6 Å². The second kappa shape index (κ2) is 10.5. The van der Waals surface area contributed by atoms with Gasteiger partial charge in [-0.1, -0.05) is 13.8 Å². The predicted octanol–water partition coefficient (Wildman–Crippen LogP) is 2.48. The summed E-state index contributed by atoms with van der Waals surface area (Å²) in [5.41, 5.74) is 1.22. The van der Waals surface area contributed by atoms with Crippen molar-refractivity contribution in [2.45, 2.75) is 46.0 Å². The summed E-state index contributed by atoms with van der Waals surface area (Å²) in [6, 6.07) is 2.08. The lowest BCUT2D eigenvalue weighted by atomic mass is 9.87. The van der Waals surface area contributed by atoms with Crippen molar-refractivity contribution in [3.63, 3.8) is 0 Å². The van der Waals surface area contributed by atoms with E-state index >= 15 is 0 Å². The van der Waals surface area contributed by atoms with Crippen LogP contribution < -0.4 is 5.32 Å². The summed E-state index contributed by atoms with van der Waals surface area (Å²) in [4.78, 5) is 34.8. The maximum Gasteiger partial charge on any atom is 0.263 e. The average Bonchev–Trinajstić information content (AvgIpc) is 3.23. The Kier molecular flexibility index (Phi) is 7.67. The zero-order chi connectivity index (χ0) is 21.8. The van der Waals surface area contributed by atoms with Gasteiger partial charge in [-0.15, -0.1) is 11.3 Å². The Morgan fingerprint density at radius 2 is 1.77 bits per heavy atom. The van der Waals surface area contributed by atoms with Crippen LogP contribution in [0.15, 0.2) is 6.07 Å². The number of aryl methyl sites for hydroxylation is 1. The molecule has 0 radical (unpaired) electrons. The number of piperidine rings is 1. The third-order valence-electron chi connectivity index (χ3n) is 7.37. The van der Waals surface area contributed by atoms with Gasteiger partial charge in [-0.2, -0.15) is 0 Å². The zero-order valence-electron chi connectivity index (χ0n) is 19.2. The average molecular weight is 447 g/mol. The Balaban J connectivity index is 1.24. The third-order valence-corrected chi connectivity index (χ3v) is 8.60. The minimum atomic E-state index is 0.0397. The number of hydrogen-bond donors (Lipinski definition) is 1. The number of amides is 2. The van der Waals surface area contributed by atoms with Crippen LogP contribution in [0.1, 0.15) is 53.2 Å². The van der Waals surface area contributed by atoms with Gasteiger partial charge in [-0.25, -0.2) is 0 Å². The van der Waals surface area contributed by atoms with E-state index in [0.29, 0.717) is 0 Å². The molecule has 172 valence electrons. The van der Waals surface area contributed by atoms with Gasteiger partial charge < -0.3 is 15.1 Å². The van der Waals surface area contributed by atoms with Crippen LogP contribution in [0.3, 0.4) is 0 Å². The molecule has 4 rings (SSSR count). The van der Waals surface area contributed by atoms with E-state index in [-0.39, 0.29) is 17.7 Å². The first-order valence-corrected chi connectivity index (χ1v) is 13.0. The summed E-state index contributed by atoms with van der Waals surface area (Å²) < 4.78 is 0. The molecule has 7 heteroatoms. The van der Waals surface area contributed by atoms with Crippen LogP contribution >= 0.6 is 11.3 Å². The van der Waals surface area contributed by atoms with Gasteiger partial charge in [0.05, 0.1) is 4.88 Å². The molecular weight excluding hydrogens is 408 g/mol. The molecule has 0 saturated carbocycles. The van der Waals surface area contributed by atoms with E-state index in [2.05, 4.69) is 35.0 Å². The molecule has 1 atom stereocenters. The number of thiophene rings is 1. The highest BCUT2D eigenvalue weighted by atomic mass is 32.1. The molecule has 1 aliphatic carbocycles. The standard InChI is InChI=1S/C24H38N4O2S/c1-3-26-12-14-27(15-13-26)11-8-25-23(29)19-4-5-21-20(16-19)17-22(31-21)24(30)28-9-6-18(2)7-10-28/h17-19H,3-16H2,1-2H3,(H,25,29)/t19-/m0/s1. The minimum Gasteiger partial charge on any atom is -0.355 e. The second-order valence-corrected chi connectivity index (χ2v) is 10.7. The van der Waals surface area contributed by atoms with Gasteiger partial charge in [-0.05, 0) is 56.2 Å². The first-order chi connectivity index (χ1) is 15.0. The predicted molar refractivity (Wildman–Crippen MR) is 126 cm³/mol. The molecule has 1 aromatic heterocycles. The molecule has 2 fully saturated rings. The normalized spacial score (nSPS) is 23.5. The van der Waals surface area contributed by atoms with Crippen molar-refractivity contribution in [1.29, 1.82) is 0 Å². The van der Waals surface area contributed by atoms with Crippen LogP contribution in [0.5, 0.6) is 0 Å². The molecule has 31 heavy (non-hydrogen) atoms. The monoisotopic (exact) mass is 446 g/mol.